The van der Waals surface area contributed by atoms with Crippen LogP contribution in [0, 0.1) is 0 Å². The molecule has 1 unspecified atom stereocenters. The maximum absolute atomic E-state index is 9.55. The van der Waals surface area contributed by atoms with E-state index in [2.05, 4.69) is 17.1 Å². The van der Waals surface area contributed by atoms with Crippen LogP contribution in [0.3, 0.4) is 0 Å². The first-order valence-electron chi connectivity index (χ1n) is 7.27. The van der Waals surface area contributed by atoms with Gasteiger partial charge in [0.1, 0.15) is 0 Å². The van der Waals surface area contributed by atoms with Crippen LogP contribution in [0.25, 0.3) is 0 Å². The van der Waals surface area contributed by atoms with Gasteiger partial charge in [-0.15, -0.1) is 0 Å². The Balaban J connectivity index is 0.000000240. The molecule has 1 atom stereocenters. The first-order chi connectivity index (χ1) is 9.90. The third kappa shape index (κ3) is 6.70. The van der Waals surface area contributed by atoms with Gasteiger partial charge in [-0.1, -0.05) is 19.3 Å². The second-order valence-electron chi connectivity index (χ2n) is 5.52. The molecule has 21 heavy (non-hydrogen) atoms. The third-order valence-electron chi connectivity index (χ3n) is 3.72. The van der Waals surface area contributed by atoms with Crippen molar-refractivity contribution in [3.05, 3.63) is 12.2 Å². The van der Waals surface area contributed by atoms with Gasteiger partial charge in [-0.3, -0.25) is 0 Å². The van der Waals surface area contributed by atoms with Crippen molar-refractivity contribution in [1.29, 1.82) is 0 Å². The van der Waals surface area contributed by atoms with Crippen LogP contribution in [-0.4, -0.2) is 64.4 Å². The predicted molar refractivity (Wildman–Crippen MR) is 78.6 cm³/mol. The Hall–Kier alpha value is -1.44. The smallest absolute Gasteiger partial charge is 0.328 e. The van der Waals surface area contributed by atoms with Crippen LogP contribution < -0.4 is 5.73 Å². The molecule has 0 amide bonds. The summed E-state index contributed by atoms with van der Waals surface area (Å²) in [6.45, 7) is 2.11. The van der Waals surface area contributed by atoms with E-state index in [1.165, 1.54) is 32.1 Å². The summed E-state index contributed by atoms with van der Waals surface area (Å²) >= 11 is 0. The number of carbonyl (C=O) groups is 2. The van der Waals surface area contributed by atoms with Gasteiger partial charge in [-0.05, 0) is 12.8 Å². The molecule has 1 saturated carbocycles. The molecule has 1 saturated heterocycles. The van der Waals surface area contributed by atoms with Crippen molar-refractivity contribution in [2.75, 3.05) is 20.1 Å². The molecular formula is C14H25N3O4. The molecule has 0 bridgehead atoms. The van der Waals surface area contributed by atoms with Gasteiger partial charge in [0.2, 0.25) is 0 Å². The lowest BCUT2D eigenvalue weighted by atomic mass is 9.95. The van der Waals surface area contributed by atoms with E-state index in [4.69, 9.17) is 15.9 Å². The SMILES string of the molecule is CN1CC(N)CN1C1CCCCC1.O=C(O)C=CC(=O)O. The molecular weight excluding hydrogens is 274 g/mol. The summed E-state index contributed by atoms with van der Waals surface area (Å²) in [4.78, 5) is 19.1. The molecule has 0 aromatic heterocycles. The average Bonchev–Trinajstić information content (AvgIpc) is 2.77. The number of hydrogen-bond acceptors (Lipinski definition) is 5. The van der Waals surface area contributed by atoms with Crippen LogP contribution in [0.15, 0.2) is 12.2 Å². The second-order valence-corrected chi connectivity index (χ2v) is 5.52. The number of aliphatic carboxylic acids is 2. The summed E-state index contributed by atoms with van der Waals surface area (Å²) in [7, 11) is 2.17. The van der Waals surface area contributed by atoms with Crippen LogP contribution >= 0.6 is 0 Å². The van der Waals surface area contributed by atoms with Crippen molar-refractivity contribution in [2.45, 2.75) is 44.2 Å². The number of hydrogen-bond donors (Lipinski definition) is 3. The van der Waals surface area contributed by atoms with Crippen molar-refractivity contribution < 1.29 is 19.8 Å². The molecule has 0 aromatic rings. The minimum Gasteiger partial charge on any atom is -0.478 e. The van der Waals surface area contributed by atoms with Crippen molar-refractivity contribution in [3.63, 3.8) is 0 Å². The molecule has 2 aliphatic rings. The van der Waals surface area contributed by atoms with E-state index >= 15 is 0 Å². The van der Waals surface area contributed by atoms with Gasteiger partial charge in [0, 0.05) is 44.4 Å². The molecule has 120 valence electrons. The van der Waals surface area contributed by atoms with Crippen LogP contribution in [0.1, 0.15) is 32.1 Å². The molecule has 1 aliphatic carbocycles. The topological polar surface area (TPSA) is 107 Å². The van der Waals surface area contributed by atoms with Crippen LogP contribution in [-0.2, 0) is 9.59 Å². The van der Waals surface area contributed by atoms with Gasteiger partial charge in [-0.2, -0.15) is 0 Å². The highest BCUT2D eigenvalue weighted by molar-refractivity contribution is 5.89. The summed E-state index contributed by atoms with van der Waals surface area (Å²) in [5.41, 5.74) is 5.94. The van der Waals surface area contributed by atoms with Gasteiger partial charge < -0.3 is 15.9 Å². The molecule has 0 aromatic carbocycles. The minimum absolute atomic E-state index is 0.368. The summed E-state index contributed by atoms with van der Waals surface area (Å²) < 4.78 is 0. The summed E-state index contributed by atoms with van der Waals surface area (Å²) in [6.07, 6.45) is 8.10. The Morgan fingerprint density at radius 2 is 1.57 bits per heavy atom. The maximum Gasteiger partial charge on any atom is 0.328 e. The number of hydrazine groups is 1. The predicted octanol–water partition coefficient (Wildman–Crippen LogP) is 0.521. The van der Waals surface area contributed by atoms with Crippen molar-refractivity contribution >= 4 is 11.9 Å². The highest BCUT2D eigenvalue weighted by Gasteiger charge is 2.31. The largest absolute Gasteiger partial charge is 0.478 e. The fourth-order valence-corrected chi connectivity index (χ4v) is 2.83. The first kappa shape index (κ1) is 17.6. The summed E-state index contributed by atoms with van der Waals surface area (Å²) in [5, 5.41) is 20.4. The van der Waals surface area contributed by atoms with Gasteiger partial charge >= 0.3 is 11.9 Å². The zero-order valence-corrected chi connectivity index (χ0v) is 12.4. The molecule has 4 N–H and O–H groups in total. The van der Waals surface area contributed by atoms with Crippen LogP contribution in [0.4, 0.5) is 0 Å². The van der Waals surface area contributed by atoms with Crippen LogP contribution in [0.5, 0.6) is 0 Å². The molecule has 0 radical (unpaired) electrons. The number of carboxylic acids is 2. The van der Waals surface area contributed by atoms with Crippen molar-refractivity contribution in [3.8, 4) is 0 Å². The Kier molecular flexibility index (Phi) is 7.35. The van der Waals surface area contributed by atoms with Crippen molar-refractivity contribution in [1.82, 2.24) is 10.0 Å². The lowest BCUT2D eigenvalue weighted by molar-refractivity contribution is -0.134. The Morgan fingerprint density at radius 3 is 1.95 bits per heavy atom. The quantitative estimate of drug-likeness (QED) is 0.652. The number of nitrogens with two attached hydrogens (primary N) is 1. The van der Waals surface area contributed by atoms with Crippen molar-refractivity contribution in [2.24, 2.45) is 5.73 Å². The average molecular weight is 299 g/mol. The van der Waals surface area contributed by atoms with Gasteiger partial charge in [0.15, 0.2) is 0 Å². The number of nitrogens with zero attached hydrogens (tertiary/aromatic N) is 2. The molecule has 2 rings (SSSR count). The van der Waals surface area contributed by atoms with E-state index in [1.807, 2.05) is 0 Å². The standard InChI is InChI=1S/C10H21N3.C4H4O4/c1-12-7-9(11)8-13(12)10-5-3-2-4-6-10;5-3(6)1-2-4(7)8/h9-10H,2-8,11H2,1H3;1-2H,(H,5,6)(H,7,8). The Morgan fingerprint density at radius 1 is 1.05 bits per heavy atom. The van der Waals surface area contributed by atoms with E-state index in [0.29, 0.717) is 18.2 Å². The monoisotopic (exact) mass is 299 g/mol. The zero-order chi connectivity index (χ0) is 15.8. The fourth-order valence-electron chi connectivity index (χ4n) is 2.83. The van der Waals surface area contributed by atoms with E-state index in [-0.39, 0.29) is 0 Å². The van der Waals surface area contributed by atoms with E-state index in [9.17, 15) is 9.59 Å². The maximum atomic E-state index is 9.55. The molecule has 7 nitrogen and oxygen atoms in total. The number of likely N-dealkylation sites (N-methyl/N-ethyl adjacent to an activating group) is 1. The molecule has 1 aliphatic heterocycles. The second kappa shape index (κ2) is 8.76. The number of rotatable bonds is 3. The Bertz CT molecular complexity index is 364. The normalized spacial score (nSPS) is 24.8. The van der Waals surface area contributed by atoms with E-state index < -0.39 is 11.9 Å². The summed E-state index contributed by atoms with van der Waals surface area (Å²) in [5.74, 6) is -2.51. The van der Waals surface area contributed by atoms with E-state index in [0.717, 1.165) is 19.1 Å². The lowest BCUT2D eigenvalue weighted by Crippen LogP contribution is -2.42. The molecule has 0 spiro atoms. The highest BCUT2D eigenvalue weighted by atomic mass is 16.4. The molecule has 1 heterocycles. The third-order valence-corrected chi connectivity index (χ3v) is 3.72. The number of carboxylic acid groups (broad SMARTS) is 2. The first-order valence-corrected chi connectivity index (χ1v) is 7.27. The molecule has 2 fully saturated rings. The fraction of sp³-hybridized carbons (Fsp3) is 0.714. The van der Waals surface area contributed by atoms with Gasteiger partial charge in [-0.25, -0.2) is 19.6 Å². The van der Waals surface area contributed by atoms with E-state index in [1.54, 1.807) is 0 Å². The highest BCUT2D eigenvalue weighted by Crippen LogP contribution is 2.25. The van der Waals surface area contributed by atoms with Crippen LogP contribution in [0.2, 0.25) is 0 Å². The zero-order valence-electron chi connectivity index (χ0n) is 12.4. The minimum atomic E-state index is -1.26. The molecule has 7 heteroatoms. The van der Waals surface area contributed by atoms with Gasteiger partial charge in [0.05, 0.1) is 0 Å². The van der Waals surface area contributed by atoms with Gasteiger partial charge in [0.25, 0.3) is 0 Å². The lowest BCUT2D eigenvalue weighted by Gasteiger charge is -2.35. The Labute approximate surface area is 125 Å². The summed E-state index contributed by atoms with van der Waals surface area (Å²) in [6, 6.07) is 1.15.